The molecule has 13 heavy (non-hydrogen) atoms. The molecular formula is C8H9N5. The van der Waals surface area contributed by atoms with E-state index in [2.05, 4.69) is 15.2 Å². The zero-order valence-electron chi connectivity index (χ0n) is 7.18. The molecule has 0 aromatic carbocycles. The molecular weight excluding hydrogens is 166 g/mol. The number of aryl methyl sites for hydroxylation is 1. The highest BCUT2D eigenvalue weighted by molar-refractivity contribution is 5.53. The Balaban J connectivity index is 2.53. The van der Waals surface area contributed by atoms with Crippen molar-refractivity contribution in [3.8, 4) is 11.4 Å². The second kappa shape index (κ2) is 2.85. The number of nitrogens with two attached hydrogens (primary N) is 1. The molecule has 0 aliphatic rings. The molecule has 0 fully saturated rings. The summed E-state index contributed by atoms with van der Waals surface area (Å²) in [4.78, 5) is 3.97. The Morgan fingerprint density at radius 2 is 2.23 bits per heavy atom. The first-order valence-corrected chi connectivity index (χ1v) is 3.86. The lowest BCUT2D eigenvalue weighted by molar-refractivity contribution is 0.931. The maximum atomic E-state index is 5.70. The van der Waals surface area contributed by atoms with E-state index in [0.717, 1.165) is 5.56 Å². The Morgan fingerprint density at radius 1 is 1.38 bits per heavy atom. The van der Waals surface area contributed by atoms with Crippen LogP contribution in [0.15, 0.2) is 24.5 Å². The van der Waals surface area contributed by atoms with Crippen molar-refractivity contribution in [2.24, 2.45) is 0 Å². The number of rotatable bonds is 1. The molecule has 0 atom stereocenters. The van der Waals surface area contributed by atoms with Crippen molar-refractivity contribution in [3.63, 3.8) is 0 Å². The fourth-order valence-corrected chi connectivity index (χ4v) is 1.06. The summed E-state index contributed by atoms with van der Waals surface area (Å²) in [5.41, 5.74) is 0.866. The van der Waals surface area contributed by atoms with Gasteiger partial charge in [0.1, 0.15) is 5.82 Å². The first kappa shape index (κ1) is 7.72. The molecule has 0 aliphatic heterocycles. The lowest BCUT2D eigenvalue weighted by Crippen LogP contribution is -2.11. The second-order valence-corrected chi connectivity index (χ2v) is 2.68. The third-order valence-electron chi connectivity index (χ3n) is 1.79. The molecule has 0 saturated heterocycles. The molecule has 0 unspecified atom stereocenters. The summed E-state index contributed by atoms with van der Waals surface area (Å²) in [5.74, 6) is 7.01. The summed E-state index contributed by atoms with van der Waals surface area (Å²) in [6, 6.07) is 3.72. The first-order chi connectivity index (χ1) is 6.29. The standard InChI is InChI=1S/C8H9N5/c1-6-11-12-8(13(6)9)7-3-2-4-10-5-7/h2-5H,9H2,1H3. The van der Waals surface area contributed by atoms with Gasteiger partial charge in [-0.15, -0.1) is 10.2 Å². The van der Waals surface area contributed by atoms with Crippen LogP contribution in [0.1, 0.15) is 5.82 Å². The van der Waals surface area contributed by atoms with Crippen LogP contribution < -0.4 is 5.84 Å². The Morgan fingerprint density at radius 3 is 2.77 bits per heavy atom. The van der Waals surface area contributed by atoms with Crippen LogP contribution in [0.2, 0.25) is 0 Å². The highest BCUT2D eigenvalue weighted by atomic mass is 15.4. The van der Waals surface area contributed by atoms with Gasteiger partial charge in [0, 0.05) is 18.0 Å². The number of hydrogen-bond donors (Lipinski definition) is 1. The van der Waals surface area contributed by atoms with Gasteiger partial charge in [-0.05, 0) is 19.1 Å². The molecule has 2 aromatic rings. The molecule has 66 valence electrons. The molecule has 0 spiro atoms. The highest BCUT2D eigenvalue weighted by Gasteiger charge is 2.07. The SMILES string of the molecule is Cc1nnc(-c2cccnc2)n1N. The van der Waals surface area contributed by atoms with Crippen LogP contribution >= 0.6 is 0 Å². The van der Waals surface area contributed by atoms with Gasteiger partial charge < -0.3 is 5.84 Å². The van der Waals surface area contributed by atoms with Gasteiger partial charge >= 0.3 is 0 Å². The number of nitrogen functional groups attached to an aromatic ring is 1. The predicted molar refractivity (Wildman–Crippen MR) is 48.1 cm³/mol. The molecule has 5 heteroatoms. The molecule has 0 amide bonds. The molecule has 2 rings (SSSR count). The quantitative estimate of drug-likeness (QED) is 0.635. The van der Waals surface area contributed by atoms with Crippen molar-refractivity contribution in [1.29, 1.82) is 0 Å². The van der Waals surface area contributed by atoms with Gasteiger partial charge in [0.15, 0.2) is 5.82 Å². The molecule has 0 saturated carbocycles. The topological polar surface area (TPSA) is 69.6 Å². The predicted octanol–water partition coefficient (Wildman–Crippen LogP) is 0.362. The summed E-state index contributed by atoms with van der Waals surface area (Å²) in [6.07, 6.45) is 3.40. The van der Waals surface area contributed by atoms with Crippen LogP contribution in [0, 0.1) is 6.92 Å². The highest BCUT2D eigenvalue weighted by Crippen LogP contribution is 2.13. The van der Waals surface area contributed by atoms with E-state index < -0.39 is 0 Å². The van der Waals surface area contributed by atoms with Crippen LogP contribution in [0.4, 0.5) is 0 Å². The number of pyridine rings is 1. The summed E-state index contributed by atoms with van der Waals surface area (Å²) >= 11 is 0. The van der Waals surface area contributed by atoms with E-state index in [1.807, 2.05) is 12.1 Å². The molecule has 2 N–H and O–H groups in total. The zero-order chi connectivity index (χ0) is 9.26. The van der Waals surface area contributed by atoms with E-state index in [9.17, 15) is 0 Å². The molecule has 0 aliphatic carbocycles. The lowest BCUT2D eigenvalue weighted by atomic mass is 10.3. The Kier molecular flexibility index (Phi) is 1.70. The van der Waals surface area contributed by atoms with E-state index in [4.69, 9.17) is 5.84 Å². The number of aromatic nitrogens is 4. The van der Waals surface area contributed by atoms with Crippen LogP contribution in [0.3, 0.4) is 0 Å². The minimum Gasteiger partial charge on any atom is -0.336 e. The van der Waals surface area contributed by atoms with Crippen molar-refractivity contribution in [3.05, 3.63) is 30.4 Å². The van der Waals surface area contributed by atoms with Crippen molar-refractivity contribution in [2.45, 2.75) is 6.92 Å². The van der Waals surface area contributed by atoms with Crippen molar-refractivity contribution in [1.82, 2.24) is 19.9 Å². The largest absolute Gasteiger partial charge is 0.336 e. The van der Waals surface area contributed by atoms with Crippen LogP contribution in [0.25, 0.3) is 11.4 Å². The lowest BCUT2D eigenvalue weighted by Gasteiger charge is -1.99. The summed E-state index contributed by atoms with van der Waals surface area (Å²) in [6.45, 7) is 1.80. The minimum atomic E-state index is 0.630. The van der Waals surface area contributed by atoms with Gasteiger partial charge in [0.05, 0.1) is 0 Å². The van der Waals surface area contributed by atoms with Gasteiger partial charge in [-0.3, -0.25) is 4.98 Å². The van der Waals surface area contributed by atoms with E-state index in [0.29, 0.717) is 11.6 Å². The normalized spacial score (nSPS) is 10.2. The summed E-state index contributed by atoms with van der Waals surface area (Å²) in [7, 11) is 0. The molecule has 0 bridgehead atoms. The van der Waals surface area contributed by atoms with Crippen molar-refractivity contribution < 1.29 is 0 Å². The molecule has 2 heterocycles. The van der Waals surface area contributed by atoms with Crippen molar-refractivity contribution in [2.75, 3.05) is 5.84 Å². The Bertz CT molecular complexity index is 406. The van der Waals surface area contributed by atoms with Gasteiger partial charge in [-0.25, -0.2) is 4.68 Å². The van der Waals surface area contributed by atoms with E-state index in [1.54, 1.807) is 19.3 Å². The number of hydrogen-bond acceptors (Lipinski definition) is 4. The minimum absolute atomic E-state index is 0.630. The average molecular weight is 175 g/mol. The Labute approximate surface area is 75.2 Å². The van der Waals surface area contributed by atoms with E-state index >= 15 is 0 Å². The Hall–Kier alpha value is -1.91. The third kappa shape index (κ3) is 1.24. The molecule has 5 nitrogen and oxygen atoms in total. The maximum absolute atomic E-state index is 5.70. The monoisotopic (exact) mass is 175 g/mol. The van der Waals surface area contributed by atoms with Crippen molar-refractivity contribution >= 4 is 0 Å². The summed E-state index contributed by atoms with van der Waals surface area (Å²) < 4.78 is 1.44. The fraction of sp³-hybridized carbons (Fsp3) is 0.125. The van der Waals surface area contributed by atoms with Crippen LogP contribution in [-0.4, -0.2) is 19.9 Å². The fourth-order valence-electron chi connectivity index (χ4n) is 1.06. The zero-order valence-corrected chi connectivity index (χ0v) is 7.18. The number of nitrogens with zero attached hydrogens (tertiary/aromatic N) is 4. The van der Waals surface area contributed by atoms with E-state index in [-0.39, 0.29) is 0 Å². The van der Waals surface area contributed by atoms with Gasteiger partial charge in [-0.2, -0.15) is 0 Å². The second-order valence-electron chi connectivity index (χ2n) is 2.68. The van der Waals surface area contributed by atoms with Gasteiger partial charge in [0.25, 0.3) is 0 Å². The molecule has 0 radical (unpaired) electrons. The van der Waals surface area contributed by atoms with Crippen LogP contribution in [-0.2, 0) is 0 Å². The maximum Gasteiger partial charge on any atom is 0.184 e. The van der Waals surface area contributed by atoms with Gasteiger partial charge in [0.2, 0.25) is 0 Å². The third-order valence-corrected chi connectivity index (χ3v) is 1.79. The molecule has 2 aromatic heterocycles. The smallest absolute Gasteiger partial charge is 0.184 e. The van der Waals surface area contributed by atoms with Gasteiger partial charge in [-0.1, -0.05) is 0 Å². The first-order valence-electron chi connectivity index (χ1n) is 3.86. The van der Waals surface area contributed by atoms with Crippen LogP contribution in [0.5, 0.6) is 0 Å². The average Bonchev–Trinajstić information content (AvgIpc) is 2.49. The van der Waals surface area contributed by atoms with E-state index in [1.165, 1.54) is 4.68 Å². The summed E-state index contributed by atoms with van der Waals surface area (Å²) in [5, 5.41) is 7.79.